The zero-order chi connectivity index (χ0) is 13.1. The van der Waals surface area contributed by atoms with Crippen LogP contribution in [0.2, 0.25) is 0 Å². The van der Waals surface area contributed by atoms with Gasteiger partial charge in [0.25, 0.3) is 0 Å². The highest BCUT2D eigenvalue weighted by Gasteiger charge is 2.33. The summed E-state index contributed by atoms with van der Waals surface area (Å²) in [5.41, 5.74) is 0.374. The van der Waals surface area contributed by atoms with Crippen LogP contribution in [0.25, 0.3) is 0 Å². The van der Waals surface area contributed by atoms with Crippen LogP contribution < -0.4 is 5.32 Å². The number of halogens is 3. The molecule has 0 spiro atoms. The predicted octanol–water partition coefficient (Wildman–Crippen LogP) is 4.13. The van der Waals surface area contributed by atoms with E-state index in [1.54, 1.807) is 7.05 Å². The van der Waals surface area contributed by atoms with Crippen molar-refractivity contribution in [3.05, 3.63) is 0 Å². The summed E-state index contributed by atoms with van der Waals surface area (Å²) in [4.78, 5) is 0. The second-order valence-electron chi connectivity index (χ2n) is 6.05. The van der Waals surface area contributed by atoms with Crippen molar-refractivity contribution in [2.24, 2.45) is 11.3 Å². The molecule has 0 aromatic carbocycles. The lowest BCUT2D eigenvalue weighted by molar-refractivity contribution is -0.137. The molecule has 1 unspecified atom stereocenters. The Hall–Kier alpha value is -0.250. The molecular formula is C13H24F3N. The minimum absolute atomic E-state index is 0.0210. The van der Waals surface area contributed by atoms with Gasteiger partial charge in [0.05, 0.1) is 0 Å². The van der Waals surface area contributed by atoms with Crippen molar-refractivity contribution in [2.45, 2.75) is 64.6 Å². The molecule has 17 heavy (non-hydrogen) atoms. The molecule has 1 rings (SSSR count). The lowest BCUT2D eigenvalue weighted by Gasteiger charge is -2.38. The molecule has 0 aromatic rings. The Bertz CT molecular complexity index is 225. The molecule has 4 heteroatoms. The minimum atomic E-state index is -4.02. The fourth-order valence-corrected chi connectivity index (χ4v) is 2.76. The SMILES string of the molecule is CNC(CCC(F)(F)F)C1CCC(C)(C)CC1. The van der Waals surface area contributed by atoms with Gasteiger partial charge in [0, 0.05) is 12.5 Å². The number of hydrogen-bond acceptors (Lipinski definition) is 1. The first-order valence-electron chi connectivity index (χ1n) is 6.47. The van der Waals surface area contributed by atoms with E-state index < -0.39 is 12.6 Å². The molecule has 1 fully saturated rings. The molecule has 1 aliphatic carbocycles. The Balaban J connectivity index is 2.41. The largest absolute Gasteiger partial charge is 0.389 e. The van der Waals surface area contributed by atoms with Gasteiger partial charge in [-0.3, -0.25) is 0 Å². The van der Waals surface area contributed by atoms with Gasteiger partial charge in [-0.2, -0.15) is 13.2 Å². The fourth-order valence-electron chi connectivity index (χ4n) is 2.76. The van der Waals surface area contributed by atoms with Crippen molar-refractivity contribution in [3.63, 3.8) is 0 Å². The van der Waals surface area contributed by atoms with E-state index in [2.05, 4.69) is 19.2 Å². The molecule has 1 saturated carbocycles. The van der Waals surface area contributed by atoms with Crippen LogP contribution in [-0.2, 0) is 0 Å². The minimum Gasteiger partial charge on any atom is -0.317 e. The third kappa shape index (κ3) is 5.28. The average Bonchev–Trinajstić information content (AvgIpc) is 2.19. The Kier molecular flexibility index (Phi) is 4.87. The number of nitrogens with one attached hydrogen (secondary N) is 1. The van der Waals surface area contributed by atoms with Crippen molar-refractivity contribution in [1.82, 2.24) is 5.32 Å². The van der Waals surface area contributed by atoms with Gasteiger partial charge < -0.3 is 5.32 Å². The fraction of sp³-hybridized carbons (Fsp3) is 1.00. The Morgan fingerprint density at radius 2 is 1.76 bits per heavy atom. The van der Waals surface area contributed by atoms with Gasteiger partial charge in [0.2, 0.25) is 0 Å². The van der Waals surface area contributed by atoms with Crippen molar-refractivity contribution in [2.75, 3.05) is 7.05 Å². The van der Waals surface area contributed by atoms with Gasteiger partial charge in [0.1, 0.15) is 0 Å². The highest BCUT2D eigenvalue weighted by Crippen LogP contribution is 2.40. The van der Waals surface area contributed by atoms with Crippen LogP contribution in [-0.4, -0.2) is 19.3 Å². The maximum Gasteiger partial charge on any atom is 0.389 e. The van der Waals surface area contributed by atoms with Crippen LogP contribution in [0, 0.1) is 11.3 Å². The quantitative estimate of drug-likeness (QED) is 0.792. The molecule has 0 aliphatic heterocycles. The molecular weight excluding hydrogens is 227 g/mol. The molecule has 0 aromatic heterocycles. The maximum atomic E-state index is 12.2. The molecule has 1 aliphatic rings. The number of alkyl halides is 3. The van der Waals surface area contributed by atoms with Gasteiger partial charge in [-0.1, -0.05) is 13.8 Å². The zero-order valence-corrected chi connectivity index (χ0v) is 11.0. The van der Waals surface area contributed by atoms with Crippen LogP contribution in [0.15, 0.2) is 0 Å². The van der Waals surface area contributed by atoms with Crippen LogP contribution in [0.3, 0.4) is 0 Å². The molecule has 0 bridgehead atoms. The summed E-state index contributed by atoms with van der Waals surface area (Å²) in [5, 5.41) is 3.07. The summed E-state index contributed by atoms with van der Waals surface area (Å²) in [5.74, 6) is 0.412. The smallest absolute Gasteiger partial charge is 0.317 e. The summed E-state index contributed by atoms with van der Waals surface area (Å²) < 4.78 is 36.6. The maximum absolute atomic E-state index is 12.2. The first-order chi connectivity index (χ1) is 7.73. The average molecular weight is 251 g/mol. The van der Waals surface area contributed by atoms with Gasteiger partial charge in [-0.25, -0.2) is 0 Å². The normalized spacial score (nSPS) is 23.6. The third-order valence-electron chi connectivity index (χ3n) is 4.06. The first kappa shape index (κ1) is 14.8. The van der Waals surface area contributed by atoms with Crippen molar-refractivity contribution >= 4 is 0 Å². The van der Waals surface area contributed by atoms with Crippen LogP contribution in [0.4, 0.5) is 13.2 Å². The molecule has 102 valence electrons. The van der Waals surface area contributed by atoms with E-state index >= 15 is 0 Å². The Morgan fingerprint density at radius 3 is 2.18 bits per heavy atom. The van der Waals surface area contributed by atoms with Gasteiger partial charge in [-0.05, 0) is 50.5 Å². The highest BCUT2D eigenvalue weighted by atomic mass is 19.4. The van der Waals surface area contributed by atoms with E-state index in [1.807, 2.05) is 0 Å². The predicted molar refractivity (Wildman–Crippen MR) is 63.9 cm³/mol. The Labute approximate surface area is 102 Å². The van der Waals surface area contributed by atoms with Crippen LogP contribution in [0.1, 0.15) is 52.4 Å². The highest BCUT2D eigenvalue weighted by molar-refractivity contribution is 4.85. The molecule has 1 nitrogen and oxygen atoms in total. The summed E-state index contributed by atoms with van der Waals surface area (Å²) >= 11 is 0. The van der Waals surface area contributed by atoms with Crippen molar-refractivity contribution in [1.29, 1.82) is 0 Å². The molecule has 1 N–H and O–H groups in total. The molecule has 1 atom stereocenters. The van der Waals surface area contributed by atoms with E-state index in [1.165, 1.54) is 0 Å². The van der Waals surface area contributed by atoms with E-state index in [9.17, 15) is 13.2 Å². The van der Waals surface area contributed by atoms with Crippen LogP contribution >= 0.6 is 0 Å². The number of rotatable bonds is 4. The second-order valence-corrected chi connectivity index (χ2v) is 6.05. The molecule has 0 radical (unpaired) electrons. The standard InChI is InChI=1S/C13H24F3N/c1-12(2)7-4-10(5-8-12)11(17-3)6-9-13(14,15)16/h10-11,17H,4-9H2,1-3H3. The van der Waals surface area contributed by atoms with Crippen molar-refractivity contribution in [3.8, 4) is 0 Å². The lowest BCUT2D eigenvalue weighted by Crippen LogP contribution is -2.38. The van der Waals surface area contributed by atoms with E-state index in [4.69, 9.17) is 0 Å². The molecule has 0 saturated heterocycles. The van der Waals surface area contributed by atoms with E-state index in [0.29, 0.717) is 11.3 Å². The first-order valence-corrected chi connectivity index (χ1v) is 6.47. The van der Waals surface area contributed by atoms with Gasteiger partial charge >= 0.3 is 6.18 Å². The third-order valence-corrected chi connectivity index (χ3v) is 4.06. The lowest BCUT2D eigenvalue weighted by atomic mass is 9.70. The molecule has 0 amide bonds. The van der Waals surface area contributed by atoms with Gasteiger partial charge in [-0.15, -0.1) is 0 Å². The summed E-state index contributed by atoms with van der Waals surface area (Å²) in [6.07, 6.45) is -0.122. The summed E-state index contributed by atoms with van der Waals surface area (Å²) in [6.45, 7) is 4.49. The Morgan fingerprint density at radius 1 is 1.24 bits per heavy atom. The van der Waals surface area contributed by atoms with E-state index in [-0.39, 0.29) is 12.5 Å². The monoisotopic (exact) mass is 251 g/mol. The van der Waals surface area contributed by atoms with Crippen LogP contribution in [0.5, 0.6) is 0 Å². The van der Waals surface area contributed by atoms with Crippen molar-refractivity contribution < 1.29 is 13.2 Å². The van der Waals surface area contributed by atoms with Gasteiger partial charge in [0.15, 0.2) is 0 Å². The summed E-state index contributed by atoms with van der Waals surface area (Å²) in [6, 6.07) is 0.0210. The second kappa shape index (κ2) is 5.59. The van der Waals surface area contributed by atoms with E-state index in [0.717, 1.165) is 25.7 Å². The summed E-state index contributed by atoms with van der Waals surface area (Å²) in [7, 11) is 1.78. The molecule has 0 heterocycles. The number of hydrogen-bond donors (Lipinski definition) is 1. The zero-order valence-electron chi connectivity index (χ0n) is 11.0. The topological polar surface area (TPSA) is 12.0 Å².